The van der Waals surface area contributed by atoms with Crippen molar-refractivity contribution in [2.24, 2.45) is 0 Å². The third-order valence-electron chi connectivity index (χ3n) is 5.98. The van der Waals surface area contributed by atoms with Gasteiger partial charge in [-0.3, -0.25) is 9.78 Å². The molecule has 5 rings (SSSR count). The fourth-order valence-corrected chi connectivity index (χ4v) is 4.78. The Morgan fingerprint density at radius 1 is 0.838 bits per heavy atom. The van der Waals surface area contributed by atoms with E-state index in [1.54, 1.807) is 35.6 Å². The van der Waals surface area contributed by atoms with Crippen LogP contribution in [-0.4, -0.2) is 32.8 Å². The highest BCUT2D eigenvalue weighted by Crippen LogP contribution is 2.28. The molecule has 0 saturated heterocycles. The van der Waals surface area contributed by atoms with Crippen molar-refractivity contribution in [1.82, 2.24) is 19.9 Å². The normalized spacial score (nSPS) is 10.9. The van der Waals surface area contributed by atoms with E-state index in [1.165, 1.54) is 0 Å². The second-order valence-electron chi connectivity index (χ2n) is 8.54. The molecule has 1 N–H and O–H groups in total. The van der Waals surface area contributed by atoms with Gasteiger partial charge in [0.15, 0.2) is 0 Å². The Morgan fingerprint density at radius 2 is 1.65 bits per heavy atom. The first-order valence-electron chi connectivity index (χ1n) is 11.7. The molecule has 2 heterocycles. The number of nitrogens with zero attached hydrogens (tertiary/aromatic N) is 4. The summed E-state index contributed by atoms with van der Waals surface area (Å²) in [6.07, 6.45) is 3.27. The van der Waals surface area contributed by atoms with Gasteiger partial charge in [-0.15, -0.1) is 0 Å². The number of fused-ring (bicyclic) bond motifs is 1. The van der Waals surface area contributed by atoms with Gasteiger partial charge in [-0.05, 0) is 65.2 Å². The Kier molecular flexibility index (Phi) is 7.30. The van der Waals surface area contributed by atoms with Gasteiger partial charge in [0.25, 0.3) is 5.91 Å². The van der Waals surface area contributed by atoms with Gasteiger partial charge in [0.2, 0.25) is 0 Å². The molecular weight excluding hydrogens is 505 g/mol. The van der Waals surface area contributed by atoms with E-state index in [4.69, 9.17) is 23.2 Å². The van der Waals surface area contributed by atoms with Gasteiger partial charge in [-0.1, -0.05) is 53.5 Å². The van der Waals surface area contributed by atoms with Crippen molar-refractivity contribution >= 4 is 45.8 Å². The zero-order valence-corrected chi connectivity index (χ0v) is 21.5. The van der Waals surface area contributed by atoms with Crippen LogP contribution in [0.4, 0.5) is 5.82 Å². The summed E-state index contributed by atoms with van der Waals surface area (Å²) in [6.45, 7) is 0.721. The summed E-state index contributed by atoms with van der Waals surface area (Å²) in [5, 5.41) is 4.90. The monoisotopic (exact) mass is 527 g/mol. The summed E-state index contributed by atoms with van der Waals surface area (Å²) in [6, 6.07) is 24.8. The fourth-order valence-electron chi connectivity index (χ4n) is 4.25. The van der Waals surface area contributed by atoms with E-state index in [9.17, 15) is 4.79 Å². The quantitative estimate of drug-likeness (QED) is 0.249. The van der Waals surface area contributed by atoms with E-state index in [-0.39, 0.29) is 5.91 Å². The predicted molar refractivity (Wildman–Crippen MR) is 149 cm³/mol. The zero-order valence-electron chi connectivity index (χ0n) is 20.0. The molecule has 5 aromatic rings. The molecule has 0 aliphatic carbocycles. The molecule has 3 aromatic carbocycles. The number of amides is 1. The summed E-state index contributed by atoms with van der Waals surface area (Å²) in [5.74, 6) is 0.595. The number of benzene rings is 3. The first-order valence-corrected chi connectivity index (χ1v) is 12.4. The summed E-state index contributed by atoms with van der Waals surface area (Å²) in [4.78, 5) is 28.4. The van der Waals surface area contributed by atoms with E-state index in [0.29, 0.717) is 28.7 Å². The van der Waals surface area contributed by atoms with Crippen molar-refractivity contribution in [2.75, 3.05) is 12.4 Å². The van der Waals surface area contributed by atoms with Crippen LogP contribution in [0.3, 0.4) is 0 Å². The van der Waals surface area contributed by atoms with Gasteiger partial charge in [-0.25, -0.2) is 9.97 Å². The van der Waals surface area contributed by atoms with Crippen LogP contribution >= 0.6 is 23.2 Å². The Balaban J connectivity index is 1.48. The number of carbonyl (C=O) groups excluding carboxylic acids is 1. The molecule has 0 bridgehead atoms. The highest BCUT2D eigenvalue weighted by Gasteiger charge is 2.19. The fraction of sp³-hybridized carbons (Fsp3) is 0.103. The first kappa shape index (κ1) is 24.7. The van der Waals surface area contributed by atoms with Crippen LogP contribution in [0.15, 0.2) is 91.4 Å². The first-order chi connectivity index (χ1) is 18.0. The van der Waals surface area contributed by atoms with Crippen LogP contribution in [0, 0.1) is 0 Å². The van der Waals surface area contributed by atoms with Crippen LogP contribution in [-0.2, 0) is 13.1 Å². The number of pyridine rings is 1. The summed E-state index contributed by atoms with van der Waals surface area (Å²) in [7, 11) is 1.84. The van der Waals surface area contributed by atoms with E-state index in [1.807, 2.05) is 49.5 Å². The lowest BCUT2D eigenvalue weighted by molar-refractivity contribution is 0.0728. The van der Waals surface area contributed by atoms with Crippen molar-refractivity contribution < 1.29 is 4.79 Å². The molecule has 184 valence electrons. The molecule has 0 aliphatic rings. The smallest absolute Gasteiger partial charge is 0.254 e. The van der Waals surface area contributed by atoms with E-state index in [0.717, 1.165) is 39.1 Å². The van der Waals surface area contributed by atoms with Gasteiger partial charge in [0.1, 0.15) is 12.1 Å². The molecule has 37 heavy (non-hydrogen) atoms. The van der Waals surface area contributed by atoms with Crippen LogP contribution in [0.1, 0.15) is 21.6 Å². The molecule has 2 aromatic heterocycles. The number of halogens is 2. The summed E-state index contributed by atoms with van der Waals surface area (Å²) < 4.78 is 0. The SMILES string of the molecule is CNc1ncnc2ccc(-c3cccc(CN(Cc4ccccn4)C(=O)c4cc(Cl)cc(Cl)c4)c3)cc12. The maximum Gasteiger partial charge on any atom is 0.254 e. The largest absolute Gasteiger partial charge is 0.373 e. The molecule has 0 atom stereocenters. The Hall–Kier alpha value is -4.00. The van der Waals surface area contributed by atoms with Crippen molar-refractivity contribution in [2.45, 2.75) is 13.1 Å². The molecule has 0 spiro atoms. The van der Waals surface area contributed by atoms with E-state index >= 15 is 0 Å². The Bertz CT molecular complexity index is 1560. The molecule has 0 fully saturated rings. The molecule has 0 aliphatic heterocycles. The lowest BCUT2D eigenvalue weighted by Gasteiger charge is -2.23. The van der Waals surface area contributed by atoms with Crippen molar-refractivity contribution in [3.8, 4) is 11.1 Å². The maximum absolute atomic E-state index is 13.6. The van der Waals surface area contributed by atoms with Crippen molar-refractivity contribution in [3.63, 3.8) is 0 Å². The molecule has 6 nitrogen and oxygen atoms in total. The van der Waals surface area contributed by atoms with Crippen molar-refractivity contribution in [1.29, 1.82) is 0 Å². The number of nitrogens with one attached hydrogen (secondary N) is 1. The summed E-state index contributed by atoms with van der Waals surface area (Å²) in [5.41, 5.74) is 5.12. The molecule has 0 radical (unpaired) electrons. The third-order valence-corrected chi connectivity index (χ3v) is 6.42. The number of hydrogen-bond acceptors (Lipinski definition) is 5. The highest BCUT2D eigenvalue weighted by atomic mass is 35.5. The number of aromatic nitrogens is 3. The second kappa shape index (κ2) is 10.9. The summed E-state index contributed by atoms with van der Waals surface area (Å²) >= 11 is 12.4. The number of anilines is 1. The maximum atomic E-state index is 13.6. The average molecular weight is 528 g/mol. The minimum absolute atomic E-state index is 0.179. The molecule has 0 unspecified atom stereocenters. The van der Waals surface area contributed by atoms with Gasteiger partial charge >= 0.3 is 0 Å². The molecule has 0 saturated carbocycles. The van der Waals surface area contributed by atoms with Crippen LogP contribution in [0.25, 0.3) is 22.0 Å². The lowest BCUT2D eigenvalue weighted by Crippen LogP contribution is -2.30. The van der Waals surface area contributed by atoms with Crippen LogP contribution < -0.4 is 5.32 Å². The van der Waals surface area contributed by atoms with Gasteiger partial charge < -0.3 is 10.2 Å². The predicted octanol–water partition coefficient (Wildman–Crippen LogP) is 6.88. The minimum Gasteiger partial charge on any atom is -0.373 e. The number of rotatable bonds is 7. The van der Waals surface area contributed by atoms with Gasteiger partial charge in [-0.2, -0.15) is 0 Å². The molecular formula is C29H23Cl2N5O. The molecule has 8 heteroatoms. The highest BCUT2D eigenvalue weighted by molar-refractivity contribution is 6.35. The van der Waals surface area contributed by atoms with E-state index < -0.39 is 0 Å². The topological polar surface area (TPSA) is 71.0 Å². The minimum atomic E-state index is -0.179. The Labute approximate surface area is 224 Å². The average Bonchev–Trinajstić information content (AvgIpc) is 2.92. The number of carbonyl (C=O) groups is 1. The number of hydrogen-bond donors (Lipinski definition) is 1. The Morgan fingerprint density at radius 3 is 2.41 bits per heavy atom. The molecule has 1 amide bonds. The van der Waals surface area contributed by atoms with Gasteiger partial charge in [0.05, 0.1) is 17.8 Å². The van der Waals surface area contributed by atoms with Gasteiger partial charge in [0, 0.05) is 40.8 Å². The van der Waals surface area contributed by atoms with Crippen molar-refractivity contribution in [3.05, 3.63) is 118 Å². The van der Waals surface area contributed by atoms with E-state index in [2.05, 4.69) is 38.5 Å². The zero-order chi connectivity index (χ0) is 25.8. The third kappa shape index (κ3) is 5.71. The lowest BCUT2D eigenvalue weighted by atomic mass is 10.0. The van der Waals surface area contributed by atoms with Crippen LogP contribution in [0.5, 0.6) is 0 Å². The second-order valence-corrected chi connectivity index (χ2v) is 9.42. The standard InChI is InChI=1S/C29H23Cl2N5O/c1-32-28-26-14-21(8-9-27(26)34-18-35-28)20-6-4-5-19(11-20)16-36(17-25-7-2-3-10-33-25)29(37)22-12-23(30)15-24(31)13-22/h2-15,18H,16-17H2,1H3,(H,32,34,35). The van der Waals surface area contributed by atoms with Crippen LogP contribution in [0.2, 0.25) is 10.0 Å².